The van der Waals surface area contributed by atoms with Crippen molar-refractivity contribution in [3.8, 4) is 0 Å². The van der Waals surface area contributed by atoms with Crippen molar-refractivity contribution in [3.05, 3.63) is 94.0 Å². The Bertz CT molecular complexity index is 1280. The second-order valence-corrected chi connectivity index (χ2v) is 11.1. The number of carbonyl (C=O) groups excluding carboxylic acids is 1. The van der Waals surface area contributed by atoms with Gasteiger partial charge < -0.3 is 4.90 Å². The molecule has 1 heterocycles. The predicted octanol–water partition coefficient (Wildman–Crippen LogP) is 5.85. The first kappa shape index (κ1) is 24.3. The van der Waals surface area contributed by atoms with E-state index in [-0.39, 0.29) is 15.8 Å². The lowest BCUT2D eigenvalue weighted by Crippen LogP contribution is -2.39. The van der Waals surface area contributed by atoms with E-state index < -0.39 is 10.0 Å². The van der Waals surface area contributed by atoms with Crippen molar-refractivity contribution in [2.45, 2.75) is 38.0 Å². The van der Waals surface area contributed by atoms with E-state index >= 15 is 0 Å². The average molecular weight is 497 g/mol. The smallest absolute Gasteiger partial charge is 0.263 e. The van der Waals surface area contributed by atoms with E-state index in [1.807, 2.05) is 32.0 Å². The molecule has 0 radical (unpaired) electrons. The van der Waals surface area contributed by atoms with E-state index in [2.05, 4.69) is 29.0 Å². The molecule has 0 unspecified atom stereocenters. The normalized spacial score (nSPS) is 14.7. The summed E-state index contributed by atoms with van der Waals surface area (Å²) in [4.78, 5) is 14.9. The molecule has 1 N–H and O–H groups in total. The lowest BCUT2D eigenvalue weighted by atomic mass is 9.90. The third-order valence-electron chi connectivity index (χ3n) is 6.36. The summed E-state index contributed by atoms with van der Waals surface area (Å²) in [5.74, 6) is 0.368. The Hall–Kier alpha value is -2.83. The number of hydrogen-bond donors (Lipinski definition) is 1. The molecule has 1 aliphatic rings. The van der Waals surface area contributed by atoms with Gasteiger partial charge in [0.1, 0.15) is 4.90 Å². The SMILES string of the molecule is Cc1ccc(NS(=O)(=O)c2cc(C(=O)N3CCC(Cc4ccccc4)CC3)ccc2Cl)c(C)c1. The molecule has 1 saturated heterocycles. The van der Waals surface area contributed by atoms with Gasteiger partial charge in [-0.3, -0.25) is 9.52 Å². The van der Waals surface area contributed by atoms with Crippen LogP contribution in [-0.2, 0) is 16.4 Å². The Morgan fingerprint density at radius 3 is 2.38 bits per heavy atom. The molecule has 0 aromatic heterocycles. The largest absolute Gasteiger partial charge is 0.339 e. The predicted molar refractivity (Wildman–Crippen MR) is 137 cm³/mol. The Kier molecular flexibility index (Phi) is 7.29. The van der Waals surface area contributed by atoms with Gasteiger partial charge in [-0.15, -0.1) is 0 Å². The zero-order valence-electron chi connectivity index (χ0n) is 19.4. The summed E-state index contributed by atoms with van der Waals surface area (Å²) in [5.41, 5.74) is 3.98. The van der Waals surface area contributed by atoms with Crippen molar-refractivity contribution in [1.29, 1.82) is 0 Å². The summed E-state index contributed by atoms with van der Waals surface area (Å²) in [6.45, 7) is 5.10. The molecule has 34 heavy (non-hydrogen) atoms. The van der Waals surface area contributed by atoms with Gasteiger partial charge in [-0.2, -0.15) is 0 Å². The summed E-state index contributed by atoms with van der Waals surface area (Å²) in [5, 5.41) is 0.0791. The van der Waals surface area contributed by atoms with Crippen molar-refractivity contribution in [2.24, 2.45) is 5.92 Å². The molecule has 1 fully saturated rings. The molecular formula is C27H29ClN2O3S. The van der Waals surface area contributed by atoms with E-state index in [0.717, 1.165) is 30.4 Å². The summed E-state index contributed by atoms with van der Waals surface area (Å²) in [6, 6.07) is 20.3. The van der Waals surface area contributed by atoms with Crippen molar-refractivity contribution >= 4 is 33.2 Å². The third kappa shape index (κ3) is 5.62. The number of amides is 1. The van der Waals surface area contributed by atoms with Crippen molar-refractivity contribution in [2.75, 3.05) is 17.8 Å². The second-order valence-electron chi connectivity index (χ2n) is 8.99. The molecule has 0 aliphatic carbocycles. The van der Waals surface area contributed by atoms with Crippen LogP contribution in [0.15, 0.2) is 71.6 Å². The number of carbonyl (C=O) groups is 1. The fourth-order valence-corrected chi connectivity index (χ4v) is 6.10. The molecule has 0 saturated carbocycles. The molecule has 7 heteroatoms. The number of anilines is 1. The first-order chi connectivity index (χ1) is 16.2. The molecule has 1 amide bonds. The highest BCUT2D eigenvalue weighted by Crippen LogP contribution is 2.28. The van der Waals surface area contributed by atoms with Crippen LogP contribution in [0.1, 0.15) is 39.9 Å². The van der Waals surface area contributed by atoms with E-state index in [0.29, 0.717) is 30.3 Å². The van der Waals surface area contributed by atoms with E-state index in [4.69, 9.17) is 11.6 Å². The minimum absolute atomic E-state index is 0.0791. The lowest BCUT2D eigenvalue weighted by molar-refractivity contribution is 0.0690. The summed E-state index contributed by atoms with van der Waals surface area (Å²) < 4.78 is 28.8. The Balaban J connectivity index is 1.46. The highest BCUT2D eigenvalue weighted by atomic mass is 35.5. The molecule has 0 spiro atoms. The topological polar surface area (TPSA) is 66.5 Å². The van der Waals surface area contributed by atoms with Crippen LogP contribution in [0.4, 0.5) is 5.69 Å². The van der Waals surface area contributed by atoms with Crippen LogP contribution in [0.3, 0.4) is 0 Å². The number of hydrogen-bond acceptors (Lipinski definition) is 3. The first-order valence-corrected chi connectivity index (χ1v) is 13.3. The van der Waals surface area contributed by atoms with E-state index in [9.17, 15) is 13.2 Å². The Morgan fingerprint density at radius 1 is 1.00 bits per heavy atom. The minimum Gasteiger partial charge on any atom is -0.339 e. The highest BCUT2D eigenvalue weighted by molar-refractivity contribution is 7.92. The standard InChI is InChI=1S/C27H29ClN2O3S/c1-19-8-11-25(20(2)16-19)29-34(32,33)26-18-23(9-10-24(26)28)27(31)30-14-12-22(13-15-30)17-21-6-4-3-5-7-21/h3-11,16,18,22,29H,12-15,17H2,1-2H3. The molecule has 178 valence electrons. The molecule has 3 aromatic carbocycles. The number of benzene rings is 3. The van der Waals surface area contributed by atoms with Crippen LogP contribution < -0.4 is 4.72 Å². The monoisotopic (exact) mass is 496 g/mol. The number of halogens is 1. The number of piperidine rings is 1. The number of sulfonamides is 1. The van der Waals surface area contributed by atoms with Gasteiger partial charge in [0, 0.05) is 18.7 Å². The van der Waals surface area contributed by atoms with E-state index in [1.165, 1.54) is 17.7 Å². The quantitative estimate of drug-likeness (QED) is 0.465. The number of likely N-dealkylation sites (tertiary alicyclic amines) is 1. The molecule has 4 rings (SSSR count). The van der Waals surface area contributed by atoms with Gasteiger partial charge in [0.05, 0.1) is 10.7 Å². The first-order valence-electron chi connectivity index (χ1n) is 11.5. The highest BCUT2D eigenvalue weighted by Gasteiger charge is 2.26. The Morgan fingerprint density at radius 2 is 1.71 bits per heavy atom. The van der Waals surface area contributed by atoms with Crippen molar-refractivity contribution in [3.63, 3.8) is 0 Å². The van der Waals surface area contributed by atoms with Gasteiger partial charge in [-0.1, -0.05) is 59.6 Å². The summed E-state index contributed by atoms with van der Waals surface area (Å²) in [7, 11) is -3.96. The van der Waals surface area contributed by atoms with Crippen LogP contribution in [0.5, 0.6) is 0 Å². The molecule has 1 aliphatic heterocycles. The van der Waals surface area contributed by atoms with Crippen LogP contribution in [0.2, 0.25) is 5.02 Å². The fourth-order valence-electron chi connectivity index (χ4n) is 4.44. The van der Waals surface area contributed by atoms with Gasteiger partial charge in [-0.05, 0) is 74.4 Å². The van der Waals surface area contributed by atoms with Gasteiger partial charge in [-0.25, -0.2) is 8.42 Å². The Labute approximate surface area is 206 Å². The molecule has 5 nitrogen and oxygen atoms in total. The van der Waals surface area contributed by atoms with E-state index in [1.54, 1.807) is 17.0 Å². The zero-order chi connectivity index (χ0) is 24.3. The molecule has 3 aromatic rings. The maximum absolute atomic E-state index is 13.2. The number of nitrogens with zero attached hydrogens (tertiary/aromatic N) is 1. The molecule has 0 bridgehead atoms. The van der Waals surface area contributed by atoms with Gasteiger partial charge >= 0.3 is 0 Å². The van der Waals surface area contributed by atoms with Crippen LogP contribution in [-0.4, -0.2) is 32.3 Å². The fraction of sp³-hybridized carbons (Fsp3) is 0.296. The molecule has 0 atom stereocenters. The van der Waals surface area contributed by atoms with Gasteiger partial charge in [0.25, 0.3) is 15.9 Å². The number of aryl methyl sites for hydroxylation is 2. The van der Waals surface area contributed by atoms with Crippen LogP contribution in [0, 0.1) is 19.8 Å². The minimum atomic E-state index is -3.96. The van der Waals surface area contributed by atoms with Crippen molar-refractivity contribution in [1.82, 2.24) is 4.90 Å². The number of nitrogens with one attached hydrogen (secondary N) is 1. The second kappa shape index (κ2) is 10.2. The third-order valence-corrected chi connectivity index (χ3v) is 8.21. The maximum Gasteiger partial charge on any atom is 0.263 e. The maximum atomic E-state index is 13.2. The van der Waals surface area contributed by atoms with Crippen LogP contribution in [0.25, 0.3) is 0 Å². The van der Waals surface area contributed by atoms with Crippen molar-refractivity contribution < 1.29 is 13.2 Å². The number of rotatable bonds is 6. The van der Waals surface area contributed by atoms with Gasteiger partial charge in [0.2, 0.25) is 0 Å². The van der Waals surface area contributed by atoms with Crippen LogP contribution >= 0.6 is 11.6 Å². The van der Waals surface area contributed by atoms with Gasteiger partial charge in [0.15, 0.2) is 0 Å². The molecular weight excluding hydrogens is 468 g/mol. The zero-order valence-corrected chi connectivity index (χ0v) is 21.0. The average Bonchev–Trinajstić information content (AvgIpc) is 2.82. The summed E-state index contributed by atoms with van der Waals surface area (Å²) >= 11 is 6.25. The summed E-state index contributed by atoms with van der Waals surface area (Å²) in [6.07, 6.45) is 2.86. The lowest BCUT2D eigenvalue weighted by Gasteiger charge is -2.32.